The van der Waals surface area contributed by atoms with Gasteiger partial charge in [-0.2, -0.15) is 0 Å². The molecule has 0 spiro atoms. The number of unbranched alkanes of at least 4 members (excludes halogenated alkanes) is 1. The summed E-state index contributed by atoms with van der Waals surface area (Å²) >= 11 is 0. The molecule has 0 aliphatic rings. The molecule has 0 aromatic rings. The summed E-state index contributed by atoms with van der Waals surface area (Å²) in [5.74, 6) is -1.05. The van der Waals surface area contributed by atoms with Gasteiger partial charge in [-0.05, 0) is 19.4 Å². The van der Waals surface area contributed by atoms with Gasteiger partial charge in [0.25, 0.3) is 0 Å². The molecular formula is C9H15FO2. The topological polar surface area (TPSA) is 37.3 Å². The van der Waals surface area contributed by atoms with Crippen molar-refractivity contribution < 1.29 is 14.3 Å². The predicted octanol–water partition coefficient (Wildman–Crippen LogP) is 2.55. The first-order valence-electron chi connectivity index (χ1n) is 4.13. The van der Waals surface area contributed by atoms with Crippen molar-refractivity contribution in [2.24, 2.45) is 0 Å². The van der Waals surface area contributed by atoms with Gasteiger partial charge < -0.3 is 5.11 Å². The van der Waals surface area contributed by atoms with E-state index >= 15 is 0 Å². The summed E-state index contributed by atoms with van der Waals surface area (Å²) in [4.78, 5) is 10.3. The molecule has 0 amide bonds. The van der Waals surface area contributed by atoms with Gasteiger partial charge in [0.1, 0.15) is 6.17 Å². The minimum atomic E-state index is -1.11. The second-order valence-corrected chi connectivity index (χ2v) is 2.81. The Kier molecular flexibility index (Phi) is 5.34. The molecule has 0 radical (unpaired) electrons. The van der Waals surface area contributed by atoms with Crippen LogP contribution >= 0.6 is 0 Å². The summed E-state index contributed by atoms with van der Waals surface area (Å²) in [5.41, 5.74) is 0.0820. The molecule has 0 aliphatic heterocycles. The smallest absolute Gasteiger partial charge is 0.331 e. The van der Waals surface area contributed by atoms with Crippen LogP contribution in [0, 0.1) is 0 Å². The van der Waals surface area contributed by atoms with Crippen LogP contribution in [0.3, 0.4) is 0 Å². The summed E-state index contributed by atoms with van der Waals surface area (Å²) in [7, 11) is 0. The molecular weight excluding hydrogens is 159 g/mol. The average Bonchev–Trinajstić information content (AvgIpc) is 2.00. The van der Waals surface area contributed by atoms with Crippen LogP contribution in [0.2, 0.25) is 0 Å². The molecule has 0 bridgehead atoms. The standard InChI is InChI=1S/C9H15FO2/c1-3-4-5-8(10)6-7(2)9(11)12/h6,8H,3-5H2,1-2H3,(H,11,12)/b7-6+. The van der Waals surface area contributed by atoms with Crippen LogP contribution in [0.5, 0.6) is 0 Å². The van der Waals surface area contributed by atoms with Crippen molar-refractivity contribution in [3.8, 4) is 0 Å². The number of carbonyl (C=O) groups is 1. The number of carboxylic acid groups (broad SMARTS) is 1. The van der Waals surface area contributed by atoms with Gasteiger partial charge in [-0.25, -0.2) is 9.18 Å². The summed E-state index contributed by atoms with van der Waals surface area (Å²) in [6.45, 7) is 3.38. The molecule has 0 aliphatic carbocycles. The first kappa shape index (κ1) is 11.1. The molecule has 2 nitrogen and oxygen atoms in total. The van der Waals surface area contributed by atoms with Gasteiger partial charge in [0, 0.05) is 5.57 Å². The van der Waals surface area contributed by atoms with Gasteiger partial charge in [0.15, 0.2) is 0 Å². The third kappa shape index (κ3) is 4.88. The Balaban J connectivity index is 3.87. The number of carboxylic acids is 1. The van der Waals surface area contributed by atoms with Gasteiger partial charge in [0.05, 0.1) is 0 Å². The van der Waals surface area contributed by atoms with Gasteiger partial charge in [-0.1, -0.05) is 19.8 Å². The highest BCUT2D eigenvalue weighted by atomic mass is 19.1. The van der Waals surface area contributed by atoms with Crippen molar-refractivity contribution in [1.82, 2.24) is 0 Å². The van der Waals surface area contributed by atoms with E-state index in [1.165, 1.54) is 6.92 Å². The molecule has 1 atom stereocenters. The number of allylic oxidation sites excluding steroid dienone is 1. The van der Waals surface area contributed by atoms with E-state index in [4.69, 9.17) is 5.11 Å². The van der Waals surface area contributed by atoms with Gasteiger partial charge in [-0.3, -0.25) is 0 Å². The van der Waals surface area contributed by atoms with Crippen molar-refractivity contribution in [3.05, 3.63) is 11.6 Å². The summed E-state index contributed by atoms with van der Waals surface area (Å²) in [6, 6.07) is 0. The molecule has 0 fully saturated rings. The van der Waals surface area contributed by atoms with Crippen molar-refractivity contribution in [1.29, 1.82) is 0 Å². The zero-order valence-corrected chi connectivity index (χ0v) is 7.51. The van der Waals surface area contributed by atoms with Crippen molar-refractivity contribution >= 4 is 5.97 Å². The highest BCUT2D eigenvalue weighted by Gasteiger charge is 2.05. The predicted molar refractivity (Wildman–Crippen MR) is 45.8 cm³/mol. The van der Waals surface area contributed by atoms with E-state index < -0.39 is 12.1 Å². The molecule has 3 heteroatoms. The number of hydrogen-bond donors (Lipinski definition) is 1. The maximum Gasteiger partial charge on any atom is 0.331 e. The van der Waals surface area contributed by atoms with E-state index in [-0.39, 0.29) is 5.57 Å². The first-order valence-corrected chi connectivity index (χ1v) is 4.13. The third-order valence-corrected chi connectivity index (χ3v) is 1.60. The van der Waals surface area contributed by atoms with Crippen LogP contribution in [0.1, 0.15) is 33.1 Å². The Labute approximate surface area is 72.1 Å². The number of aliphatic carboxylic acids is 1. The molecule has 0 aromatic heterocycles. The fourth-order valence-corrected chi connectivity index (χ4v) is 0.825. The van der Waals surface area contributed by atoms with Crippen LogP contribution in [0.4, 0.5) is 4.39 Å². The minimum Gasteiger partial charge on any atom is -0.478 e. The summed E-state index contributed by atoms with van der Waals surface area (Å²) in [6.07, 6.45) is 2.20. The van der Waals surface area contributed by atoms with Gasteiger partial charge >= 0.3 is 5.97 Å². The van der Waals surface area contributed by atoms with E-state index in [0.717, 1.165) is 18.9 Å². The van der Waals surface area contributed by atoms with E-state index in [9.17, 15) is 9.18 Å². The lowest BCUT2D eigenvalue weighted by Gasteiger charge is -2.01. The lowest BCUT2D eigenvalue weighted by Crippen LogP contribution is -2.02. The SMILES string of the molecule is CCCCC(F)/C=C(\C)C(=O)O. The minimum absolute atomic E-state index is 0.0820. The van der Waals surface area contributed by atoms with Crippen LogP contribution in [0.25, 0.3) is 0 Å². The van der Waals surface area contributed by atoms with E-state index in [1.807, 2.05) is 6.92 Å². The maximum atomic E-state index is 12.9. The van der Waals surface area contributed by atoms with E-state index in [1.54, 1.807) is 0 Å². The number of halogens is 1. The fraction of sp³-hybridized carbons (Fsp3) is 0.667. The molecule has 1 N–H and O–H groups in total. The Morgan fingerprint density at radius 1 is 1.67 bits per heavy atom. The fourth-order valence-electron chi connectivity index (χ4n) is 0.825. The highest BCUT2D eigenvalue weighted by Crippen LogP contribution is 2.08. The largest absolute Gasteiger partial charge is 0.478 e. The maximum absolute atomic E-state index is 12.9. The molecule has 0 saturated carbocycles. The first-order chi connectivity index (χ1) is 5.57. The molecule has 1 unspecified atom stereocenters. The molecule has 0 saturated heterocycles. The Bertz CT molecular complexity index is 175. The molecule has 70 valence electrons. The monoisotopic (exact) mass is 174 g/mol. The second-order valence-electron chi connectivity index (χ2n) is 2.81. The van der Waals surface area contributed by atoms with Crippen molar-refractivity contribution in [2.75, 3.05) is 0 Å². The zero-order chi connectivity index (χ0) is 9.56. The molecule has 0 aromatic carbocycles. The van der Waals surface area contributed by atoms with E-state index in [0.29, 0.717) is 6.42 Å². The average molecular weight is 174 g/mol. The van der Waals surface area contributed by atoms with Crippen LogP contribution in [-0.2, 0) is 4.79 Å². The lowest BCUT2D eigenvalue weighted by molar-refractivity contribution is -0.132. The number of rotatable bonds is 5. The number of hydrogen-bond acceptors (Lipinski definition) is 1. The van der Waals surface area contributed by atoms with Gasteiger partial charge in [0.2, 0.25) is 0 Å². The van der Waals surface area contributed by atoms with Crippen molar-refractivity contribution in [3.63, 3.8) is 0 Å². The molecule has 0 heterocycles. The Hall–Kier alpha value is -0.860. The zero-order valence-electron chi connectivity index (χ0n) is 7.51. The second kappa shape index (κ2) is 5.75. The number of alkyl halides is 1. The summed E-state index contributed by atoms with van der Waals surface area (Å²) in [5, 5.41) is 8.42. The normalized spacial score (nSPS) is 14.4. The van der Waals surface area contributed by atoms with Crippen LogP contribution in [-0.4, -0.2) is 17.2 Å². The molecule has 12 heavy (non-hydrogen) atoms. The van der Waals surface area contributed by atoms with Crippen molar-refractivity contribution in [2.45, 2.75) is 39.3 Å². The highest BCUT2D eigenvalue weighted by molar-refractivity contribution is 5.85. The summed E-state index contributed by atoms with van der Waals surface area (Å²) < 4.78 is 12.9. The Morgan fingerprint density at radius 2 is 2.25 bits per heavy atom. The third-order valence-electron chi connectivity index (χ3n) is 1.60. The van der Waals surface area contributed by atoms with E-state index in [2.05, 4.69) is 0 Å². The Morgan fingerprint density at radius 3 is 2.67 bits per heavy atom. The van der Waals surface area contributed by atoms with Crippen LogP contribution in [0.15, 0.2) is 11.6 Å². The quantitative estimate of drug-likeness (QED) is 0.650. The van der Waals surface area contributed by atoms with Crippen LogP contribution < -0.4 is 0 Å². The van der Waals surface area contributed by atoms with Gasteiger partial charge in [-0.15, -0.1) is 0 Å². The molecule has 0 rings (SSSR count). The lowest BCUT2D eigenvalue weighted by atomic mass is 10.1.